The van der Waals surface area contributed by atoms with Gasteiger partial charge in [0.2, 0.25) is 0 Å². The van der Waals surface area contributed by atoms with Gasteiger partial charge in [0.25, 0.3) is 0 Å². The van der Waals surface area contributed by atoms with Crippen LogP contribution in [0.4, 0.5) is 0 Å². The van der Waals surface area contributed by atoms with Crippen molar-refractivity contribution >= 4 is 0 Å². The van der Waals surface area contributed by atoms with Crippen molar-refractivity contribution < 1.29 is 0 Å². The van der Waals surface area contributed by atoms with Crippen LogP contribution in [0.5, 0.6) is 0 Å². The Morgan fingerprint density at radius 3 is 2.61 bits per heavy atom. The van der Waals surface area contributed by atoms with E-state index in [2.05, 4.69) is 56.0 Å². The van der Waals surface area contributed by atoms with Gasteiger partial charge in [0, 0.05) is 31.9 Å². The molecule has 1 N–H and O–H groups in total. The van der Waals surface area contributed by atoms with E-state index in [1.54, 1.807) is 0 Å². The molecule has 3 nitrogen and oxygen atoms in total. The van der Waals surface area contributed by atoms with Gasteiger partial charge in [-0.1, -0.05) is 33.8 Å². The Balaban J connectivity index is 2.63. The Bertz CT molecular complexity index is 347. The first kappa shape index (κ1) is 15.1. The summed E-state index contributed by atoms with van der Waals surface area (Å²) in [6.45, 7) is 11.8. The second-order valence-electron chi connectivity index (χ2n) is 5.74. The van der Waals surface area contributed by atoms with Gasteiger partial charge >= 0.3 is 0 Å². The van der Waals surface area contributed by atoms with Crippen molar-refractivity contribution in [1.82, 2.24) is 15.2 Å². The fraction of sp³-hybridized carbons (Fsp3) is 0.667. The molecule has 1 rings (SSSR count). The normalized spacial score (nSPS) is 11.8. The zero-order valence-electron chi connectivity index (χ0n) is 12.4. The first-order valence-corrected chi connectivity index (χ1v) is 6.83. The first-order valence-electron chi connectivity index (χ1n) is 6.83. The van der Waals surface area contributed by atoms with Crippen molar-refractivity contribution in [2.75, 3.05) is 13.6 Å². The average molecular weight is 249 g/mol. The highest BCUT2D eigenvalue weighted by Gasteiger charge is 2.08. The highest BCUT2D eigenvalue weighted by Crippen LogP contribution is 2.09. The van der Waals surface area contributed by atoms with E-state index in [1.807, 2.05) is 12.3 Å². The summed E-state index contributed by atoms with van der Waals surface area (Å²) in [5.41, 5.74) is 2.50. The van der Waals surface area contributed by atoms with E-state index in [-0.39, 0.29) is 0 Å². The number of pyridine rings is 1. The number of nitrogens with zero attached hydrogens (tertiary/aromatic N) is 2. The number of aromatic nitrogens is 1. The molecule has 0 radical (unpaired) electrons. The van der Waals surface area contributed by atoms with Crippen molar-refractivity contribution in [1.29, 1.82) is 0 Å². The molecule has 0 aliphatic carbocycles. The highest BCUT2D eigenvalue weighted by molar-refractivity contribution is 5.19. The van der Waals surface area contributed by atoms with Gasteiger partial charge in [-0.25, -0.2) is 0 Å². The van der Waals surface area contributed by atoms with Gasteiger partial charge in [-0.05, 0) is 24.6 Å². The van der Waals surface area contributed by atoms with Crippen LogP contribution in [0.1, 0.15) is 39.0 Å². The maximum absolute atomic E-state index is 4.52. The molecule has 0 saturated heterocycles. The summed E-state index contributed by atoms with van der Waals surface area (Å²) in [6.07, 6.45) is 1.89. The van der Waals surface area contributed by atoms with Crippen molar-refractivity contribution in [2.24, 2.45) is 5.92 Å². The molecule has 18 heavy (non-hydrogen) atoms. The number of hydrogen-bond acceptors (Lipinski definition) is 3. The van der Waals surface area contributed by atoms with Gasteiger partial charge in [-0.3, -0.25) is 4.98 Å². The van der Waals surface area contributed by atoms with Crippen LogP contribution in [0.15, 0.2) is 18.3 Å². The Labute approximate surface area is 112 Å². The summed E-state index contributed by atoms with van der Waals surface area (Å²) in [5.74, 6) is 0.691. The summed E-state index contributed by atoms with van der Waals surface area (Å²) in [6, 6.07) is 4.69. The van der Waals surface area contributed by atoms with Gasteiger partial charge in [-0.15, -0.1) is 0 Å². The van der Waals surface area contributed by atoms with Crippen molar-refractivity contribution in [2.45, 2.75) is 46.8 Å². The van der Waals surface area contributed by atoms with Gasteiger partial charge in [-0.2, -0.15) is 0 Å². The summed E-state index contributed by atoms with van der Waals surface area (Å²) >= 11 is 0. The Hall–Kier alpha value is -0.930. The van der Waals surface area contributed by atoms with Crippen LogP contribution in [0.3, 0.4) is 0 Å². The minimum Gasteiger partial charge on any atom is -0.310 e. The minimum absolute atomic E-state index is 0.506. The molecule has 0 spiro atoms. The summed E-state index contributed by atoms with van der Waals surface area (Å²) < 4.78 is 0. The molecule has 0 saturated carbocycles. The molecule has 0 unspecified atom stereocenters. The molecule has 1 aromatic rings. The van der Waals surface area contributed by atoms with E-state index in [0.717, 1.165) is 19.6 Å². The van der Waals surface area contributed by atoms with Crippen LogP contribution in [-0.4, -0.2) is 29.5 Å². The van der Waals surface area contributed by atoms with E-state index in [0.29, 0.717) is 12.0 Å². The fourth-order valence-electron chi connectivity index (χ4n) is 2.03. The third kappa shape index (κ3) is 5.61. The lowest BCUT2D eigenvalue weighted by atomic mass is 10.1. The number of rotatable bonds is 7. The first-order chi connectivity index (χ1) is 8.49. The number of hydrogen-bond donors (Lipinski definition) is 1. The molecule has 0 fully saturated rings. The van der Waals surface area contributed by atoms with Gasteiger partial charge in [0.05, 0.1) is 5.69 Å². The topological polar surface area (TPSA) is 28.2 Å². The predicted octanol–water partition coefficient (Wildman–Crippen LogP) is 2.67. The van der Waals surface area contributed by atoms with E-state index >= 15 is 0 Å². The lowest BCUT2D eigenvalue weighted by Gasteiger charge is -2.20. The lowest BCUT2D eigenvalue weighted by Crippen LogP contribution is -2.26. The average Bonchev–Trinajstić information content (AvgIpc) is 2.26. The number of nitrogens with one attached hydrogen (secondary N) is 1. The second-order valence-corrected chi connectivity index (χ2v) is 5.74. The van der Waals surface area contributed by atoms with Crippen LogP contribution >= 0.6 is 0 Å². The highest BCUT2D eigenvalue weighted by atomic mass is 15.1. The molecule has 102 valence electrons. The molecule has 0 bridgehead atoms. The molecular weight excluding hydrogens is 222 g/mol. The van der Waals surface area contributed by atoms with E-state index in [1.165, 1.54) is 11.3 Å². The lowest BCUT2D eigenvalue weighted by molar-refractivity contribution is 0.284. The zero-order chi connectivity index (χ0) is 13.5. The molecule has 3 heteroatoms. The van der Waals surface area contributed by atoms with E-state index < -0.39 is 0 Å². The minimum atomic E-state index is 0.506. The van der Waals surface area contributed by atoms with E-state index in [4.69, 9.17) is 0 Å². The van der Waals surface area contributed by atoms with Crippen LogP contribution < -0.4 is 5.32 Å². The van der Waals surface area contributed by atoms with Crippen LogP contribution in [0.2, 0.25) is 0 Å². The second kappa shape index (κ2) is 7.49. The maximum Gasteiger partial charge on any atom is 0.0588 e. The standard InChI is InChI=1S/C15H27N3/c1-12(2)10-18(5)11-15-14(7-6-8-16-15)9-17-13(3)4/h6-8,12-13,17H,9-11H2,1-5H3. The van der Waals surface area contributed by atoms with Gasteiger partial charge < -0.3 is 10.2 Å². The smallest absolute Gasteiger partial charge is 0.0588 e. The zero-order valence-corrected chi connectivity index (χ0v) is 12.4. The third-order valence-electron chi connectivity index (χ3n) is 2.78. The van der Waals surface area contributed by atoms with Gasteiger partial charge in [0.1, 0.15) is 0 Å². The molecular formula is C15H27N3. The summed E-state index contributed by atoms with van der Waals surface area (Å²) in [7, 11) is 2.16. The maximum atomic E-state index is 4.52. The van der Waals surface area contributed by atoms with Crippen molar-refractivity contribution in [3.8, 4) is 0 Å². The summed E-state index contributed by atoms with van der Waals surface area (Å²) in [5, 5.41) is 3.46. The predicted molar refractivity (Wildman–Crippen MR) is 77.4 cm³/mol. The largest absolute Gasteiger partial charge is 0.310 e. The molecule has 0 aliphatic heterocycles. The SMILES string of the molecule is CC(C)CN(C)Cc1ncccc1CNC(C)C. The quantitative estimate of drug-likeness (QED) is 0.805. The van der Waals surface area contributed by atoms with Crippen LogP contribution in [-0.2, 0) is 13.1 Å². The van der Waals surface area contributed by atoms with Crippen LogP contribution in [0.25, 0.3) is 0 Å². The van der Waals surface area contributed by atoms with E-state index in [9.17, 15) is 0 Å². The Morgan fingerprint density at radius 2 is 2.00 bits per heavy atom. The van der Waals surface area contributed by atoms with Crippen molar-refractivity contribution in [3.63, 3.8) is 0 Å². The Morgan fingerprint density at radius 1 is 1.28 bits per heavy atom. The monoisotopic (exact) mass is 249 g/mol. The van der Waals surface area contributed by atoms with Crippen LogP contribution in [0, 0.1) is 5.92 Å². The fourth-order valence-corrected chi connectivity index (χ4v) is 2.03. The molecule has 0 aliphatic rings. The molecule has 1 heterocycles. The summed E-state index contributed by atoms with van der Waals surface area (Å²) in [4.78, 5) is 6.86. The van der Waals surface area contributed by atoms with Crippen molar-refractivity contribution in [3.05, 3.63) is 29.6 Å². The molecule has 1 aromatic heterocycles. The third-order valence-corrected chi connectivity index (χ3v) is 2.78. The Kier molecular flexibility index (Phi) is 6.30. The molecule has 0 aromatic carbocycles. The molecule has 0 amide bonds. The molecule has 0 atom stereocenters. The van der Waals surface area contributed by atoms with Gasteiger partial charge in [0.15, 0.2) is 0 Å².